The molecule has 0 saturated carbocycles. The Morgan fingerprint density at radius 3 is 1.82 bits per heavy atom. The number of fused-ring (bicyclic) bond motifs is 6. The fourth-order valence-corrected chi connectivity index (χ4v) is 7.17. The summed E-state index contributed by atoms with van der Waals surface area (Å²) >= 11 is 0. The van der Waals surface area contributed by atoms with Gasteiger partial charge in [-0.3, -0.25) is 0 Å². The molecule has 1 nitrogen and oxygen atoms in total. The van der Waals surface area contributed by atoms with Crippen molar-refractivity contribution in [3.05, 3.63) is 182 Å². The zero-order chi connectivity index (χ0) is 41.9. The molecule has 1 heterocycles. The first kappa shape index (κ1) is 18.8. The van der Waals surface area contributed by atoms with E-state index in [4.69, 9.17) is 16.8 Å². The zero-order valence-electron chi connectivity index (χ0n) is 36.9. The number of furan rings is 1. The van der Waals surface area contributed by atoms with Gasteiger partial charge in [-0.15, -0.1) is 0 Å². The van der Waals surface area contributed by atoms with Crippen molar-refractivity contribution in [3.63, 3.8) is 0 Å². The molecule has 228 valence electrons. The second kappa shape index (κ2) is 11.1. The molecule has 10 rings (SSSR count). The molecule has 0 aliphatic rings. The van der Waals surface area contributed by atoms with Crippen LogP contribution in [-0.4, -0.2) is 0 Å². The molecule has 0 bridgehead atoms. The van der Waals surface area contributed by atoms with Crippen LogP contribution in [0.1, 0.15) is 15.1 Å². The minimum atomic E-state index is -0.657. The van der Waals surface area contributed by atoms with Crippen molar-refractivity contribution in [2.24, 2.45) is 0 Å². The summed E-state index contributed by atoms with van der Waals surface area (Å²) in [5.41, 5.74) is 3.52. The second-order valence-electron chi connectivity index (χ2n) is 12.0. The molecule has 0 fully saturated rings. The maximum atomic E-state index is 9.60. The lowest BCUT2D eigenvalue weighted by Crippen LogP contribution is -1.92. The molecular formula is C48H30O. The Hall–Kier alpha value is -6.44. The predicted molar refractivity (Wildman–Crippen MR) is 208 cm³/mol. The maximum absolute atomic E-state index is 9.60. The Balaban J connectivity index is 1.34. The fraction of sp³-hybridized carbons (Fsp3) is 0. The van der Waals surface area contributed by atoms with Crippen LogP contribution in [0.4, 0.5) is 0 Å². The number of benzene rings is 9. The van der Waals surface area contributed by atoms with Crippen LogP contribution in [0, 0.1) is 0 Å². The van der Waals surface area contributed by atoms with Gasteiger partial charge in [0.2, 0.25) is 0 Å². The van der Waals surface area contributed by atoms with Crippen molar-refractivity contribution < 1.29 is 19.5 Å². The van der Waals surface area contributed by atoms with E-state index in [2.05, 4.69) is 48.5 Å². The molecule has 0 radical (unpaired) electrons. The van der Waals surface area contributed by atoms with Crippen molar-refractivity contribution >= 4 is 54.3 Å². The Morgan fingerprint density at radius 1 is 0.388 bits per heavy atom. The molecule has 0 aliphatic heterocycles. The summed E-state index contributed by atoms with van der Waals surface area (Å²) in [6.45, 7) is 0. The first-order chi connectivity index (χ1) is 28.9. The van der Waals surface area contributed by atoms with Gasteiger partial charge in [0, 0.05) is 10.8 Å². The normalized spacial score (nSPS) is 14.8. The largest absolute Gasteiger partial charge is 0.456 e. The van der Waals surface area contributed by atoms with Gasteiger partial charge in [-0.25, -0.2) is 0 Å². The van der Waals surface area contributed by atoms with Crippen LogP contribution in [0.3, 0.4) is 0 Å². The first-order valence-electron chi connectivity index (χ1n) is 21.5. The van der Waals surface area contributed by atoms with E-state index in [1.165, 1.54) is 0 Å². The Kier molecular flexibility index (Phi) is 4.25. The van der Waals surface area contributed by atoms with Gasteiger partial charge in [-0.1, -0.05) is 158 Å². The SMILES string of the molecule is [2H]c1c([2H])c([2H])c(-c2c([2H])c([2H])c3oc4c([2H])c([2H])c([2H])c(-c5c6ccccc6c(-c6cccc(-c7cccc8ccccc78)c6)c6ccccc56)c4c3c2[2H])c([2H])c1[2H]. The van der Waals surface area contributed by atoms with Crippen molar-refractivity contribution in [1.82, 2.24) is 0 Å². The van der Waals surface area contributed by atoms with Gasteiger partial charge in [-0.05, 0) is 101 Å². The molecule has 0 aliphatic carbocycles. The van der Waals surface area contributed by atoms with E-state index < -0.39 is 66.0 Å². The third-order valence-electron chi connectivity index (χ3n) is 9.26. The zero-order valence-corrected chi connectivity index (χ0v) is 25.9. The Morgan fingerprint density at radius 2 is 1.04 bits per heavy atom. The van der Waals surface area contributed by atoms with Crippen LogP contribution in [0.25, 0.3) is 98.8 Å². The van der Waals surface area contributed by atoms with Crippen LogP contribution >= 0.6 is 0 Å². The molecule has 49 heavy (non-hydrogen) atoms. The van der Waals surface area contributed by atoms with E-state index in [0.29, 0.717) is 16.3 Å². The molecule has 1 heteroatoms. The van der Waals surface area contributed by atoms with E-state index in [1.54, 1.807) is 0 Å². The maximum Gasteiger partial charge on any atom is 0.136 e. The van der Waals surface area contributed by atoms with Gasteiger partial charge in [-0.2, -0.15) is 0 Å². The molecule has 0 saturated heterocycles. The molecule has 0 unspecified atom stereocenters. The monoisotopic (exact) mass is 633 g/mol. The summed E-state index contributed by atoms with van der Waals surface area (Å²) in [7, 11) is 0. The van der Waals surface area contributed by atoms with Crippen molar-refractivity contribution in [2.45, 2.75) is 0 Å². The van der Waals surface area contributed by atoms with Crippen LogP contribution < -0.4 is 0 Å². The minimum Gasteiger partial charge on any atom is -0.456 e. The molecule has 0 amide bonds. The van der Waals surface area contributed by atoms with Crippen molar-refractivity contribution in [1.29, 1.82) is 0 Å². The highest BCUT2D eigenvalue weighted by Crippen LogP contribution is 2.47. The lowest BCUT2D eigenvalue weighted by Gasteiger charge is -2.19. The quantitative estimate of drug-likeness (QED) is 0.176. The summed E-state index contributed by atoms with van der Waals surface area (Å²) in [6.07, 6.45) is 0. The summed E-state index contributed by atoms with van der Waals surface area (Å²) in [5, 5.41) is 5.38. The van der Waals surface area contributed by atoms with E-state index in [-0.39, 0.29) is 39.1 Å². The van der Waals surface area contributed by atoms with Crippen LogP contribution in [0.5, 0.6) is 0 Å². The molecule has 9 aromatic carbocycles. The first-order valence-corrected chi connectivity index (χ1v) is 16.0. The molecule has 0 spiro atoms. The van der Waals surface area contributed by atoms with E-state index in [9.17, 15) is 2.74 Å². The molecule has 1 aromatic heterocycles. The molecule has 0 atom stereocenters. The lowest BCUT2D eigenvalue weighted by molar-refractivity contribution is 0.669. The average Bonchev–Trinajstić information content (AvgIpc) is 3.68. The highest BCUT2D eigenvalue weighted by Gasteiger charge is 2.21. The summed E-state index contributed by atoms with van der Waals surface area (Å²) < 4.78 is 104. The second-order valence-corrected chi connectivity index (χ2v) is 12.0. The summed E-state index contributed by atoms with van der Waals surface area (Å²) in [6, 6.07) is 32.4. The highest BCUT2D eigenvalue weighted by atomic mass is 16.3. The number of hydrogen-bond acceptors (Lipinski definition) is 1. The third kappa shape index (κ3) is 4.40. The highest BCUT2D eigenvalue weighted by molar-refractivity contribution is 6.26. The fourth-order valence-electron chi connectivity index (χ4n) is 7.17. The third-order valence-corrected chi connectivity index (χ3v) is 9.26. The minimum absolute atomic E-state index is 0.0650. The van der Waals surface area contributed by atoms with Gasteiger partial charge < -0.3 is 4.42 Å². The Bertz CT molecular complexity index is 3430. The summed E-state index contributed by atoms with van der Waals surface area (Å²) in [5.74, 6) is 0. The van der Waals surface area contributed by atoms with Crippen molar-refractivity contribution in [3.8, 4) is 44.5 Å². The van der Waals surface area contributed by atoms with Gasteiger partial charge in [0.15, 0.2) is 0 Å². The van der Waals surface area contributed by atoms with Crippen LogP contribution in [0.2, 0.25) is 0 Å². The van der Waals surface area contributed by atoms with E-state index in [1.807, 2.05) is 66.7 Å². The number of rotatable bonds is 4. The van der Waals surface area contributed by atoms with Gasteiger partial charge >= 0.3 is 0 Å². The average molecular weight is 634 g/mol. The van der Waals surface area contributed by atoms with Gasteiger partial charge in [0.1, 0.15) is 11.2 Å². The van der Waals surface area contributed by atoms with Crippen LogP contribution in [0.15, 0.2) is 186 Å². The molecule has 0 N–H and O–H groups in total. The topological polar surface area (TPSA) is 13.1 Å². The smallest absolute Gasteiger partial charge is 0.136 e. The van der Waals surface area contributed by atoms with E-state index >= 15 is 0 Å². The van der Waals surface area contributed by atoms with E-state index in [0.717, 1.165) is 43.8 Å². The lowest BCUT2D eigenvalue weighted by atomic mass is 9.84. The molecule has 10 aromatic rings. The predicted octanol–water partition coefficient (Wildman–Crippen LogP) is 13.7. The van der Waals surface area contributed by atoms with Crippen molar-refractivity contribution in [2.75, 3.05) is 0 Å². The standard InChI is InChI=1S/C48H30O/c1-2-13-31(14-3-1)33-27-28-44-43(30-33)48-42(25-12-26-45(48)49-44)47-40-22-8-6-20-38(40)46(39-21-7-9-23-41(39)47)35-18-10-17-34(29-35)37-24-11-16-32-15-4-5-19-36(32)37/h1-30H/i1D,2D,3D,12D,13D,14D,25D,26D,27D,28D,30D. The molecular weight excluding hydrogens is 593 g/mol. The van der Waals surface area contributed by atoms with Crippen LogP contribution in [-0.2, 0) is 0 Å². The van der Waals surface area contributed by atoms with Gasteiger partial charge in [0.05, 0.1) is 15.1 Å². The van der Waals surface area contributed by atoms with Gasteiger partial charge in [0.25, 0.3) is 0 Å². The number of hydrogen-bond donors (Lipinski definition) is 0. The Labute approximate surface area is 299 Å². The summed E-state index contributed by atoms with van der Waals surface area (Å²) in [4.78, 5) is 0.